The second-order valence-corrected chi connectivity index (χ2v) is 7.72. The van der Waals surface area contributed by atoms with E-state index in [1.54, 1.807) is 38.1 Å². The normalized spacial score (nSPS) is 12.2. The van der Waals surface area contributed by atoms with Crippen molar-refractivity contribution in [3.05, 3.63) is 101 Å². The lowest BCUT2D eigenvalue weighted by atomic mass is 10.1. The van der Waals surface area contributed by atoms with Crippen LogP contribution in [0.3, 0.4) is 0 Å². The molecule has 180 valence electrons. The quantitative estimate of drug-likeness (QED) is 0.470. The number of aliphatic carboxylic acids is 1. The molecule has 9 heteroatoms. The van der Waals surface area contributed by atoms with Crippen molar-refractivity contribution in [1.82, 2.24) is 0 Å². The topological polar surface area (TPSA) is 119 Å². The van der Waals surface area contributed by atoms with E-state index in [-0.39, 0.29) is 16.8 Å². The van der Waals surface area contributed by atoms with Gasteiger partial charge in [-0.1, -0.05) is 35.4 Å². The Balaban J connectivity index is 1.90. The minimum absolute atomic E-state index is 0.0457. The first kappa shape index (κ1) is 25.1. The highest BCUT2D eigenvalue weighted by Crippen LogP contribution is 2.17. The Bertz CT molecular complexity index is 1220. The maximum atomic E-state index is 13.2. The summed E-state index contributed by atoms with van der Waals surface area (Å²) in [6, 6.07) is 16.9. The molecule has 0 aromatic heterocycles. The van der Waals surface area contributed by atoms with Gasteiger partial charge in [-0.15, -0.1) is 0 Å². The van der Waals surface area contributed by atoms with Gasteiger partial charge in [0.1, 0.15) is 5.82 Å². The molecular formula is C26H22FNO7. The average Bonchev–Trinajstić information content (AvgIpc) is 2.83. The molecule has 8 nitrogen and oxygen atoms in total. The Labute approximate surface area is 200 Å². The van der Waals surface area contributed by atoms with Crippen molar-refractivity contribution >= 4 is 29.5 Å². The number of carbonyl (C=O) groups is 4. The molecule has 2 atom stereocenters. The molecule has 0 aliphatic heterocycles. The van der Waals surface area contributed by atoms with Crippen molar-refractivity contribution < 1.29 is 38.1 Å². The fourth-order valence-corrected chi connectivity index (χ4v) is 2.99. The highest BCUT2D eigenvalue weighted by Gasteiger charge is 2.41. The number of ether oxygens (including phenoxy) is 2. The largest absolute Gasteiger partial charge is 0.478 e. The molecule has 3 aromatic rings. The molecule has 0 heterocycles. The van der Waals surface area contributed by atoms with Crippen LogP contribution in [0.1, 0.15) is 31.8 Å². The molecule has 0 spiro atoms. The van der Waals surface area contributed by atoms with Gasteiger partial charge in [-0.2, -0.15) is 0 Å². The Morgan fingerprint density at radius 1 is 0.714 bits per heavy atom. The number of nitrogens with one attached hydrogen (secondary N) is 1. The van der Waals surface area contributed by atoms with Crippen LogP contribution in [0.25, 0.3) is 0 Å². The third kappa shape index (κ3) is 6.73. The van der Waals surface area contributed by atoms with E-state index in [4.69, 9.17) is 9.47 Å². The van der Waals surface area contributed by atoms with Crippen LogP contribution >= 0.6 is 0 Å². The van der Waals surface area contributed by atoms with E-state index in [9.17, 15) is 28.7 Å². The van der Waals surface area contributed by atoms with E-state index in [1.165, 1.54) is 36.4 Å². The van der Waals surface area contributed by atoms with Crippen molar-refractivity contribution in [1.29, 1.82) is 0 Å². The standard InChI is InChI=1S/C26H22FNO7/c1-15-3-7-17(8-4-15)25(32)34-21(23(29)28-20-13-11-19(27)12-14-20)22(24(30)31)35-26(33)18-9-5-16(2)6-10-18/h3-14,21-22H,1-2H3,(H,28,29)(H,30,31)/t21-,22+/m1/s1. The minimum Gasteiger partial charge on any atom is -0.478 e. The zero-order chi connectivity index (χ0) is 25.5. The van der Waals surface area contributed by atoms with E-state index in [0.717, 1.165) is 23.3 Å². The van der Waals surface area contributed by atoms with Gasteiger partial charge in [0.25, 0.3) is 5.91 Å². The molecule has 0 fully saturated rings. The molecule has 0 aliphatic rings. The fourth-order valence-electron chi connectivity index (χ4n) is 2.99. The number of benzene rings is 3. The van der Waals surface area contributed by atoms with Crippen LogP contribution in [0.15, 0.2) is 72.8 Å². The van der Waals surface area contributed by atoms with Crippen molar-refractivity contribution in [2.45, 2.75) is 26.1 Å². The summed E-state index contributed by atoms with van der Waals surface area (Å²) in [6.07, 6.45) is -4.22. The van der Waals surface area contributed by atoms with Crippen LogP contribution in [0.5, 0.6) is 0 Å². The van der Waals surface area contributed by atoms with Crippen molar-refractivity contribution in [3.63, 3.8) is 0 Å². The van der Waals surface area contributed by atoms with E-state index >= 15 is 0 Å². The number of carbonyl (C=O) groups excluding carboxylic acids is 3. The number of halogens is 1. The van der Waals surface area contributed by atoms with E-state index in [1.807, 2.05) is 0 Å². The molecule has 3 rings (SSSR count). The molecule has 1 amide bonds. The smallest absolute Gasteiger partial charge is 0.349 e. The summed E-state index contributed by atoms with van der Waals surface area (Å²) in [5, 5.41) is 12.1. The van der Waals surface area contributed by atoms with Gasteiger partial charge >= 0.3 is 17.9 Å². The fraction of sp³-hybridized carbons (Fsp3) is 0.154. The second kappa shape index (κ2) is 11.1. The van der Waals surface area contributed by atoms with Gasteiger partial charge < -0.3 is 19.9 Å². The highest BCUT2D eigenvalue weighted by molar-refractivity contribution is 6.01. The Kier molecular flexibility index (Phi) is 7.93. The summed E-state index contributed by atoms with van der Waals surface area (Å²) in [7, 11) is 0. The van der Waals surface area contributed by atoms with Crippen molar-refractivity contribution in [2.75, 3.05) is 5.32 Å². The molecule has 0 bridgehead atoms. The van der Waals surface area contributed by atoms with Crippen LogP contribution in [-0.4, -0.2) is 41.1 Å². The molecule has 3 aromatic carbocycles. The Morgan fingerprint density at radius 2 is 1.14 bits per heavy atom. The summed E-state index contributed by atoms with van der Waals surface area (Å²) in [6.45, 7) is 3.61. The maximum Gasteiger partial charge on any atom is 0.349 e. The summed E-state index contributed by atoms with van der Waals surface area (Å²) < 4.78 is 23.5. The molecule has 0 aliphatic carbocycles. The van der Waals surface area contributed by atoms with E-state index in [0.29, 0.717) is 0 Å². The Morgan fingerprint density at radius 3 is 1.57 bits per heavy atom. The molecular weight excluding hydrogens is 457 g/mol. The maximum absolute atomic E-state index is 13.2. The van der Waals surface area contributed by atoms with Crippen molar-refractivity contribution in [2.24, 2.45) is 0 Å². The van der Waals surface area contributed by atoms with Gasteiger partial charge in [0.15, 0.2) is 0 Å². The van der Waals surface area contributed by atoms with Crippen LogP contribution in [0.2, 0.25) is 0 Å². The van der Waals surface area contributed by atoms with Gasteiger partial charge in [0.05, 0.1) is 11.1 Å². The number of esters is 2. The van der Waals surface area contributed by atoms with Gasteiger partial charge in [-0.3, -0.25) is 4.79 Å². The lowest BCUT2D eigenvalue weighted by molar-refractivity contribution is -0.157. The molecule has 0 radical (unpaired) electrons. The monoisotopic (exact) mass is 479 g/mol. The van der Waals surface area contributed by atoms with Gasteiger partial charge in [-0.05, 0) is 62.4 Å². The lowest BCUT2D eigenvalue weighted by Gasteiger charge is -2.23. The minimum atomic E-state index is -2.17. The molecule has 0 saturated heterocycles. The summed E-state index contributed by atoms with van der Waals surface area (Å²) in [5.41, 5.74) is 1.94. The van der Waals surface area contributed by atoms with E-state index in [2.05, 4.69) is 5.32 Å². The van der Waals surface area contributed by atoms with Crippen LogP contribution in [0.4, 0.5) is 10.1 Å². The van der Waals surface area contributed by atoms with Gasteiger partial charge in [0, 0.05) is 5.69 Å². The second-order valence-electron chi connectivity index (χ2n) is 7.72. The SMILES string of the molecule is Cc1ccc(C(=O)O[C@H](C(=O)O)[C@@H](OC(=O)c2ccc(C)cc2)C(=O)Nc2ccc(F)cc2)cc1. The third-order valence-corrected chi connectivity index (χ3v) is 4.93. The average molecular weight is 479 g/mol. The number of carboxylic acid groups (broad SMARTS) is 1. The van der Waals surface area contributed by atoms with Crippen LogP contribution in [-0.2, 0) is 19.1 Å². The van der Waals surface area contributed by atoms with E-state index < -0.39 is 41.8 Å². The number of hydrogen-bond donors (Lipinski definition) is 2. The van der Waals surface area contributed by atoms with Crippen molar-refractivity contribution in [3.8, 4) is 0 Å². The van der Waals surface area contributed by atoms with Crippen LogP contribution < -0.4 is 5.32 Å². The number of hydrogen-bond acceptors (Lipinski definition) is 6. The molecule has 0 saturated carbocycles. The number of aryl methyl sites for hydroxylation is 2. The predicted molar refractivity (Wildman–Crippen MR) is 123 cm³/mol. The number of anilines is 1. The van der Waals surface area contributed by atoms with Gasteiger partial charge in [-0.25, -0.2) is 18.8 Å². The van der Waals surface area contributed by atoms with Gasteiger partial charge in [0.2, 0.25) is 12.2 Å². The zero-order valence-electron chi connectivity index (χ0n) is 18.9. The molecule has 0 unspecified atom stereocenters. The first-order valence-corrected chi connectivity index (χ1v) is 10.5. The number of rotatable bonds is 8. The zero-order valence-corrected chi connectivity index (χ0v) is 18.9. The third-order valence-electron chi connectivity index (χ3n) is 4.93. The highest BCUT2D eigenvalue weighted by atomic mass is 19.1. The predicted octanol–water partition coefficient (Wildman–Crippen LogP) is 3.92. The first-order chi connectivity index (χ1) is 16.6. The summed E-state index contributed by atoms with van der Waals surface area (Å²) in [4.78, 5) is 50.3. The molecule has 2 N–H and O–H groups in total. The Hall–Kier alpha value is -4.53. The number of carboxylic acids is 1. The molecule has 35 heavy (non-hydrogen) atoms. The summed E-state index contributed by atoms with van der Waals surface area (Å²) in [5.74, 6) is -5.37. The first-order valence-electron chi connectivity index (χ1n) is 10.5. The lowest BCUT2D eigenvalue weighted by Crippen LogP contribution is -2.48. The van der Waals surface area contributed by atoms with Crippen LogP contribution in [0, 0.1) is 19.7 Å². The summed E-state index contributed by atoms with van der Waals surface area (Å²) >= 11 is 0. The number of amides is 1.